The van der Waals surface area contributed by atoms with Crippen LogP contribution in [0.25, 0.3) is 0 Å². The standard InChI is InChI=1S/C19H22N2O2/c1-23-18-9-7-15(8-10-18)13-19(22)20-16-11-12-21(14-16)17-5-3-2-4-6-17/h2-10,16H,11-14H2,1H3,(H,20,22). The SMILES string of the molecule is COc1ccc(CC(=O)NC2CCN(c3ccccc3)C2)cc1. The van der Waals surface area contributed by atoms with Crippen molar-refractivity contribution in [3.05, 3.63) is 60.2 Å². The molecular weight excluding hydrogens is 288 g/mol. The summed E-state index contributed by atoms with van der Waals surface area (Å²) in [6.45, 7) is 1.86. The number of para-hydroxylation sites is 1. The zero-order valence-electron chi connectivity index (χ0n) is 13.4. The first-order chi connectivity index (χ1) is 11.2. The molecule has 0 saturated carbocycles. The second kappa shape index (κ2) is 7.18. The van der Waals surface area contributed by atoms with Crippen LogP contribution in [0.2, 0.25) is 0 Å². The van der Waals surface area contributed by atoms with Crippen molar-refractivity contribution in [1.82, 2.24) is 5.32 Å². The van der Waals surface area contributed by atoms with Gasteiger partial charge in [-0.25, -0.2) is 0 Å². The number of carbonyl (C=O) groups is 1. The largest absolute Gasteiger partial charge is 0.497 e. The van der Waals surface area contributed by atoms with Crippen LogP contribution in [0.1, 0.15) is 12.0 Å². The number of benzene rings is 2. The maximum Gasteiger partial charge on any atom is 0.224 e. The summed E-state index contributed by atoms with van der Waals surface area (Å²) in [5.41, 5.74) is 2.22. The van der Waals surface area contributed by atoms with E-state index in [0.29, 0.717) is 6.42 Å². The molecule has 1 aliphatic heterocycles. The molecule has 1 fully saturated rings. The number of nitrogens with zero attached hydrogens (tertiary/aromatic N) is 1. The summed E-state index contributed by atoms with van der Waals surface area (Å²) >= 11 is 0. The summed E-state index contributed by atoms with van der Waals surface area (Å²) in [5, 5.41) is 3.14. The minimum atomic E-state index is 0.0788. The Bertz CT molecular complexity index is 640. The number of rotatable bonds is 5. The van der Waals surface area contributed by atoms with E-state index in [9.17, 15) is 4.79 Å². The molecule has 1 N–H and O–H groups in total. The van der Waals surface area contributed by atoms with E-state index in [-0.39, 0.29) is 11.9 Å². The molecule has 1 amide bonds. The maximum atomic E-state index is 12.2. The monoisotopic (exact) mass is 310 g/mol. The average Bonchev–Trinajstić information content (AvgIpc) is 3.04. The number of methoxy groups -OCH3 is 1. The quantitative estimate of drug-likeness (QED) is 0.923. The fraction of sp³-hybridized carbons (Fsp3) is 0.316. The Morgan fingerprint density at radius 1 is 1.17 bits per heavy atom. The van der Waals surface area contributed by atoms with Gasteiger partial charge in [0, 0.05) is 24.8 Å². The van der Waals surface area contributed by atoms with Gasteiger partial charge in [-0.15, -0.1) is 0 Å². The molecule has 1 atom stereocenters. The van der Waals surface area contributed by atoms with Crippen LogP contribution in [-0.2, 0) is 11.2 Å². The van der Waals surface area contributed by atoms with Gasteiger partial charge < -0.3 is 15.0 Å². The van der Waals surface area contributed by atoms with Gasteiger partial charge in [0.15, 0.2) is 0 Å². The second-order valence-electron chi connectivity index (χ2n) is 5.86. The zero-order valence-corrected chi connectivity index (χ0v) is 13.4. The highest BCUT2D eigenvalue weighted by atomic mass is 16.5. The molecule has 0 radical (unpaired) electrons. The normalized spacial score (nSPS) is 17.1. The van der Waals surface area contributed by atoms with Crippen molar-refractivity contribution in [2.45, 2.75) is 18.9 Å². The number of ether oxygens (including phenoxy) is 1. The average molecular weight is 310 g/mol. The van der Waals surface area contributed by atoms with Gasteiger partial charge in [-0.3, -0.25) is 4.79 Å². The van der Waals surface area contributed by atoms with Crippen LogP contribution in [0.4, 0.5) is 5.69 Å². The lowest BCUT2D eigenvalue weighted by atomic mass is 10.1. The van der Waals surface area contributed by atoms with Crippen LogP contribution >= 0.6 is 0 Å². The molecule has 120 valence electrons. The van der Waals surface area contributed by atoms with Crippen molar-refractivity contribution in [2.24, 2.45) is 0 Å². The Hall–Kier alpha value is -2.49. The molecule has 3 rings (SSSR count). The van der Waals surface area contributed by atoms with Gasteiger partial charge in [-0.05, 0) is 36.2 Å². The highest BCUT2D eigenvalue weighted by Crippen LogP contribution is 2.19. The molecule has 2 aromatic carbocycles. The van der Waals surface area contributed by atoms with E-state index in [1.165, 1.54) is 5.69 Å². The smallest absolute Gasteiger partial charge is 0.224 e. The minimum absolute atomic E-state index is 0.0788. The molecule has 1 aliphatic rings. The summed E-state index contributed by atoms with van der Waals surface area (Å²) in [5.74, 6) is 0.888. The van der Waals surface area contributed by atoms with Gasteiger partial charge in [0.05, 0.1) is 13.5 Å². The van der Waals surface area contributed by atoms with Crippen LogP contribution in [0.3, 0.4) is 0 Å². The molecule has 2 aromatic rings. The molecule has 0 bridgehead atoms. The first-order valence-corrected chi connectivity index (χ1v) is 7.97. The fourth-order valence-electron chi connectivity index (χ4n) is 2.96. The lowest BCUT2D eigenvalue weighted by molar-refractivity contribution is -0.121. The Balaban J connectivity index is 1.50. The van der Waals surface area contributed by atoms with E-state index < -0.39 is 0 Å². The van der Waals surface area contributed by atoms with Crippen molar-refractivity contribution >= 4 is 11.6 Å². The topological polar surface area (TPSA) is 41.6 Å². The first-order valence-electron chi connectivity index (χ1n) is 7.97. The van der Waals surface area contributed by atoms with Crippen LogP contribution in [-0.4, -0.2) is 32.1 Å². The lowest BCUT2D eigenvalue weighted by Gasteiger charge is -2.19. The third kappa shape index (κ3) is 4.03. The van der Waals surface area contributed by atoms with Crippen LogP contribution in [0, 0.1) is 0 Å². The third-order valence-electron chi connectivity index (χ3n) is 4.20. The number of hydrogen-bond donors (Lipinski definition) is 1. The molecule has 4 heteroatoms. The minimum Gasteiger partial charge on any atom is -0.497 e. The van der Waals surface area contributed by atoms with E-state index in [0.717, 1.165) is 30.8 Å². The van der Waals surface area contributed by atoms with Gasteiger partial charge in [-0.2, -0.15) is 0 Å². The van der Waals surface area contributed by atoms with Crippen LogP contribution < -0.4 is 15.0 Å². The maximum absolute atomic E-state index is 12.2. The number of anilines is 1. The van der Waals surface area contributed by atoms with E-state index >= 15 is 0 Å². The third-order valence-corrected chi connectivity index (χ3v) is 4.20. The molecule has 1 heterocycles. The van der Waals surface area contributed by atoms with Crippen molar-refractivity contribution in [3.8, 4) is 5.75 Å². The number of hydrogen-bond acceptors (Lipinski definition) is 3. The van der Waals surface area contributed by atoms with Crippen LogP contribution in [0.15, 0.2) is 54.6 Å². The fourth-order valence-corrected chi connectivity index (χ4v) is 2.96. The Kier molecular flexibility index (Phi) is 4.81. The van der Waals surface area contributed by atoms with Gasteiger partial charge in [0.1, 0.15) is 5.75 Å². The highest BCUT2D eigenvalue weighted by Gasteiger charge is 2.23. The van der Waals surface area contributed by atoms with Crippen molar-refractivity contribution in [1.29, 1.82) is 0 Å². The molecule has 0 aliphatic carbocycles. The van der Waals surface area contributed by atoms with E-state index in [1.54, 1.807) is 7.11 Å². The van der Waals surface area contributed by atoms with Crippen LogP contribution in [0.5, 0.6) is 5.75 Å². The molecule has 23 heavy (non-hydrogen) atoms. The van der Waals surface area contributed by atoms with Gasteiger partial charge in [0.25, 0.3) is 0 Å². The molecule has 4 nitrogen and oxygen atoms in total. The number of amides is 1. The van der Waals surface area contributed by atoms with Gasteiger partial charge in [0.2, 0.25) is 5.91 Å². The molecule has 1 saturated heterocycles. The summed E-state index contributed by atoms with van der Waals surface area (Å²) in [7, 11) is 1.64. The second-order valence-corrected chi connectivity index (χ2v) is 5.86. The predicted molar refractivity (Wildman–Crippen MR) is 91.9 cm³/mol. The highest BCUT2D eigenvalue weighted by molar-refractivity contribution is 5.79. The summed E-state index contributed by atoms with van der Waals surface area (Å²) < 4.78 is 5.13. The van der Waals surface area contributed by atoms with E-state index in [4.69, 9.17) is 4.74 Å². The summed E-state index contributed by atoms with van der Waals surface area (Å²) in [4.78, 5) is 14.5. The Morgan fingerprint density at radius 3 is 2.61 bits per heavy atom. The lowest BCUT2D eigenvalue weighted by Crippen LogP contribution is -2.37. The van der Waals surface area contributed by atoms with E-state index in [2.05, 4.69) is 22.3 Å². The van der Waals surface area contributed by atoms with Crippen molar-refractivity contribution < 1.29 is 9.53 Å². The van der Waals surface area contributed by atoms with Crippen molar-refractivity contribution in [3.63, 3.8) is 0 Å². The number of carbonyl (C=O) groups excluding carboxylic acids is 1. The zero-order chi connectivity index (χ0) is 16.1. The predicted octanol–water partition coefficient (Wildman–Crippen LogP) is 2.63. The molecule has 0 aromatic heterocycles. The van der Waals surface area contributed by atoms with E-state index in [1.807, 2.05) is 42.5 Å². The number of nitrogens with one attached hydrogen (secondary N) is 1. The van der Waals surface area contributed by atoms with Crippen molar-refractivity contribution in [2.75, 3.05) is 25.1 Å². The summed E-state index contributed by atoms with van der Waals surface area (Å²) in [6.07, 6.45) is 1.40. The Morgan fingerprint density at radius 2 is 1.91 bits per heavy atom. The summed E-state index contributed by atoms with van der Waals surface area (Å²) in [6, 6.07) is 18.2. The molecule has 1 unspecified atom stereocenters. The van der Waals surface area contributed by atoms with Gasteiger partial charge >= 0.3 is 0 Å². The molecular formula is C19H22N2O2. The Labute approximate surface area is 137 Å². The first kappa shape index (κ1) is 15.4. The molecule has 0 spiro atoms. The van der Waals surface area contributed by atoms with Gasteiger partial charge in [-0.1, -0.05) is 30.3 Å².